The lowest BCUT2D eigenvalue weighted by Gasteiger charge is -2.15. The van der Waals surface area contributed by atoms with E-state index in [-0.39, 0.29) is 17.8 Å². The summed E-state index contributed by atoms with van der Waals surface area (Å²) in [5.74, 6) is -0.378. The first-order chi connectivity index (χ1) is 8.13. The zero-order valence-corrected chi connectivity index (χ0v) is 10.3. The molecule has 0 aliphatic carbocycles. The van der Waals surface area contributed by atoms with Gasteiger partial charge in [-0.3, -0.25) is 4.79 Å². The normalized spacial score (nSPS) is 11.9. The van der Waals surface area contributed by atoms with Gasteiger partial charge in [-0.25, -0.2) is 4.39 Å². The molecule has 2 N–H and O–H groups in total. The molecule has 0 fully saturated rings. The van der Waals surface area contributed by atoms with E-state index in [1.165, 1.54) is 12.1 Å². The van der Waals surface area contributed by atoms with Gasteiger partial charge in [0, 0.05) is 12.2 Å². The molecule has 4 heteroatoms. The highest BCUT2D eigenvalue weighted by atomic mass is 19.1. The second-order valence-corrected chi connectivity index (χ2v) is 4.02. The molecule has 0 aromatic heterocycles. The van der Waals surface area contributed by atoms with Crippen molar-refractivity contribution < 1.29 is 9.18 Å². The zero-order valence-electron chi connectivity index (χ0n) is 10.3. The fourth-order valence-corrected chi connectivity index (χ4v) is 1.44. The quantitative estimate of drug-likeness (QED) is 0.748. The summed E-state index contributed by atoms with van der Waals surface area (Å²) < 4.78 is 12.9. The Labute approximate surface area is 101 Å². The van der Waals surface area contributed by atoms with Crippen molar-refractivity contribution in [3.05, 3.63) is 30.1 Å². The number of rotatable bonds is 6. The number of amides is 1. The first-order valence-electron chi connectivity index (χ1n) is 5.93. The second-order valence-electron chi connectivity index (χ2n) is 4.02. The summed E-state index contributed by atoms with van der Waals surface area (Å²) in [6.07, 6.45) is 2.02. The van der Waals surface area contributed by atoms with Gasteiger partial charge >= 0.3 is 0 Å². The standard InChI is InChI=1S/C13H19FN2O/c1-3-4-8-15-13(17)10(2)16-12-7-5-6-11(14)9-12/h5-7,9-10,16H,3-4,8H2,1-2H3,(H,15,17). The van der Waals surface area contributed by atoms with Gasteiger partial charge in [0.2, 0.25) is 5.91 Å². The first-order valence-corrected chi connectivity index (χ1v) is 5.93. The molecule has 0 heterocycles. The monoisotopic (exact) mass is 238 g/mol. The highest BCUT2D eigenvalue weighted by molar-refractivity contribution is 5.84. The Balaban J connectivity index is 2.43. The molecular weight excluding hydrogens is 219 g/mol. The minimum atomic E-state index is -0.367. The highest BCUT2D eigenvalue weighted by Gasteiger charge is 2.11. The minimum Gasteiger partial charge on any atom is -0.374 e. The van der Waals surface area contributed by atoms with Crippen LogP contribution in [0.15, 0.2) is 24.3 Å². The van der Waals surface area contributed by atoms with E-state index < -0.39 is 0 Å². The van der Waals surface area contributed by atoms with Crippen molar-refractivity contribution in [1.29, 1.82) is 0 Å². The Hall–Kier alpha value is -1.58. The van der Waals surface area contributed by atoms with Crippen LogP contribution in [0.2, 0.25) is 0 Å². The smallest absolute Gasteiger partial charge is 0.242 e. The van der Waals surface area contributed by atoms with Crippen LogP contribution < -0.4 is 10.6 Å². The molecule has 0 radical (unpaired) electrons. The van der Waals surface area contributed by atoms with Crippen molar-refractivity contribution in [2.45, 2.75) is 32.7 Å². The number of unbranched alkanes of at least 4 members (excludes halogenated alkanes) is 1. The molecule has 1 rings (SSSR count). The average Bonchev–Trinajstić information content (AvgIpc) is 2.29. The Morgan fingerprint density at radius 3 is 2.88 bits per heavy atom. The van der Waals surface area contributed by atoms with Gasteiger partial charge in [0.1, 0.15) is 11.9 Å². The van der Waals surface area contributed by atoms with Crippen molar-refractivity contribution in [1.82, 2.24) is 5.32 Å². The molecule has 1 amide bonds. The van der Waals surface area contributed by atoms with Gasteiger partial charge in [0.25, 0.3) is 0 Å². The van der Waals surface area contributed by atoms with Crippen molar-refractivity contribution in [3.8, 4) is 0 Å². The SMILES string of the molecule is CCCCNC(=O)C(C)Nc1cccc(F)c1. The number of hydrogen-bond acceptors (Lipinski definition) is 2. The van der Waals surface area contributed by atoms with Crippen LogP contribution in [0.3, 0.4) is 0 Å². The van der Waals surface area contributed by atoms with Crippen molar-refractivity contribution in [3.63, 3.8) is 0 Å². The Morgan fingerprint density at radius 1 is 1.47 bits per heavy atom. The highest BCUT2D eigenvalue weighted by Crippen LogP contribution is 2.10. The molecule has 1 unspecified atom stereocenters. The largest absolute Gasteiger partial charge is 0.374 e. The molecule has 17 heavy (non-hydrogen) atoms. The van der Waals surface area contributed by atoms with Crippen molar-refractivity contribution >= 4 is 11.6 Å². The number of carbonyl (C=O) groups is 1. The molecule has 3 nitrogen and oxygen atoms in total. The first kappa shape index (κ1) is 13.5. The van der Waals surface area contributed by atoms with Gasteiger partial charge in [-0.05, 0) is 31.5 Å². The molecule has 0 spiro atoms. The third kappa shape index (κ3) is 4.85. The molecule has 0 aliphatic rings. The third-order valence-corrected chi connectivity index (χ3v) is 2.43. The van der Waals surface area contributed by atoms with Gasteiger partial charge in [0.15, 0.2) is 0 Å². The number of benzene rings is 1. The van der Waals surface area contributed by atoms with Crippen LogP contribution in [0.25, 0.3) is 0 Å². The Kier molecular flexibility index (Phi) is 5.46. The van der Waals surface area contributed by atoms with Crippen LogP contribution in [0, 0.1) is 5.82 Å². The number of anilines is 1. The molecule has 94 valence electrons. The number of hydrogen-bond donors (Lipinski definition) is 2. The number of carbonyl (C=O) groups excluding carboxylic acids is 1. The van der Waals surface area contributed by atoms with Gasteiger partial charge < -0.3 is 10.6 Å². The molecular formula is C13H19FN2O. The predicted octanol–water partition coefficient (Wildman–Crippen LogP) is 2.54. The lowest BCUT2D eigenvalue weighted by molar-refractivity contribution is -0.121. The molecule has 1 atom stereocenters. The average molecular weight is 238 g/mol. The number of nitrogens with one attached hydrogen (secondary N) is 2. The maximum atomic E-state index is 12.9. The molecule has 0 saturated carbocycles. The summed E-state index contributed by atoms with van der Waals surface area (Å²) in [5.41, 5.74) is 0.614. The molecule has 0 bridgehead atoms. The molecule has 0 saturated heterocycles. The van der Waals surface area contributed by atoms with Crippen LogP contribution in [-0.4, -0.2) is 18.5 Å². The topological polar surface area (TPSA) is 41.1 Å². The van der Waals surface area contributed by atoms with E-state index in [1.807, 2.05) is 0 Å². The van der Waals surface area contributed by atoms with Crippen LogP contribution in [0.5, 0.6) is 0 Å². The second kappa shape index (κ2) is 6.89. The van der Waals surface area contributed by atoms with Crippen LogP contribution in [0.4, 0.5) is 10.1 Å². The third-order valence-electron chi connectivity index (χ3n) is 2.43. The fourth-order valence-electron chi connectivity index (χ4n) is 1.44. The lowest BCUT2D eigenvalue weighted by atomic mass is 10.2. The van der Waals surface area contributed by atoms with Gasteiger partial charge in [-0.15, -0.1) is 0 Å². The fraction of sp³-hybridized carbons (Fsp3) is 0.462. The predicted molar refractivity (Wildman–Crippen MR) is 67.4 cm³/mol. The van der Waals surface area contributed by atoms with E-state index in [9.17, 15) is 9.18 Å². The zero-order chi connectivity index (χ0) is 12.7. The van der Waals surface area contributed by atoms with Crippen LogP contribution in [0.1, 0.15) is 26.7 Å². The van der Waals surface area contributed by atoms with Gasteiger partial charge in [-0.1, -0.05) is 19.4 Å². The maximum absolute atomic E-state index is 12.9. The minimum absolute atomic E-state index is 0.0669. The Bertz CT molecular complexity index is 368. The van der Waals surface area contributed by atoms with E-state index in [2.05, 4.69) is 17.6 Å². The van der Waals surface area contributed by atoms with Crippen molar-refractivity contribution in [2.24, 2.45) is 0 Å². The summed E-state index contributed by atoms with van der Waals surface area (Å²) >= 11 is 0. The molecule has 1 aromatic rings. The van der Waals surface area contributed by atoms with E-state index in [0.717, 1.165) is 12.8 Å². The van der Waals surface area contributed by atoms with Crippen LogP contribution in [-0.2, 0) is 4.79 Å². The van der Waals surface area contributed by atoms with E-state index in [4.69, 9.17) is 0 Å². The van der Waals surface area contributed by atoms with Crippen LogP contribution >= 0.6 is 0 Å². The van der Waals surface area contributed by atoms with E-state index >= 15 is 0 Å². The summed E-state index contributed by atoms with van der Waals surface area (Å²) in [6, 6.07) is 5.72. The summed E-state index contributed by atoms with van der Waals surface area (Å²) in [6.45, 7) is 4.51. The van der Waals surface area contributed by atoms with Crippen molar-refractivity contribution in [2.75, 3.05) is 11.9 Å². The van der Waals surface area contributed by atoms with E-state index in [1.54, 1.807) is 19.1 Å². The Morgan fingerprint density at radius 2 is 2.24 bits per heavy atom. The van der Waals surface area contributed by atoms with Gasteiger partial charge in [-0.2, -0.15) is 0 Å². The molecule has 1 aromatic carbocycles. The lowest BCUT2D eigenvalue weighted by Crippen LogP contribution is -2.37. The summed E-state index contributed by atoms with van der Waals surface area (Å²) in [5, 5.41) is 5.78. The van der Waals surface area contributed by atoms with E-state index in [0.29, 0.717) is 12.2 Å². The maximum Gasteiger partial charge on any atom is 0.242 e. The van der Waals surface area contributed by atoms with Gasteiger partial charge in [0.05, 0.1) is 0 Å². The number of halogens is 1. The summed E-state index contributed by atoms with van der Waals surface area (Å²) in [4.78, 5) is 11.6. The molecule has 0 aliphatic heterocycles. The summed E-state index contributed by atoms with van der Waals surface area (Å²) in [7, 11) is 0.